The van der Waals surface area contributed by atoms with Gasteiger partial charge in [0.2, 0.25) is 0 Å². The highest BCUT2D eigenvalue weighted by Gasteiger charge is 2.32. The van der Waals surface area contributed by atoms with Crippen molar-refractivity contribution in [1.29, 1.82) is 0 Å². The number of carbonyl (C=O) groups is 2. The second-order valence-electron chi connectivity index (χ2n) is 9.40. The first kappa shape index (κ1) is 23.5. The van der Waals surface area contributed by atoms with Crippen LogP contribution in [0.2, 0.25) is 0 Å². The number of hydrogen-bond acceptors (Lipinski definition) is 4. The lowest BCUT2D eigenvalue weighted by molar-refractivity contribution is 0.0203. The van der Waals surface area contributed by atoms with Gasteiger partial charge in [0.25, 0.3) is 5.91 Å². The Bertz CT molecular complexity index is 1160. The van der Waals surface area contributed by atoms with Crippen LogP contribution in [0, 0.1) is 5.82 Å². The first-order valence-corrected chi connectivity index (χ1v) is 11.4. The van der Waals surface area contributed by atoms with Crippen molar-refractivity contribution in [2.24, 2.45) is 0 Å². The number of ether oxygens (including phenoxy) is 1. The molecule has 1 aliphatic rings. The van der Waals surface area contributed by atoms with Gasteiger partial charge in [-0.1, -0.05) is 24.3 Å². The molecule has 0 spiro atoms. The number of aromatic nitrogens is 2. The lowest BCUT2D eigenvalue weighted by atomic mass is 9.90. The van der Waals surface area contributed by atoms with Crippen LogP contribution in [0.4, 0.5) is 14.9 Å². The van der Waals surface area contributed by atoms with Gasteiger partial charge in [-0.3, -0.25) is 4.79 Å². The highest BCUT2D eigenvalue weighted by Crippen LogP contribution is 2.33. The van der Waals surface area contributed by atoms with Gasteiger partial charge < -0.3 is 15.0 Å². The summed E-state index contributed by atoms with van der Waals surface area (Å²) in [6.45, 7) is 6.51. The average Bonchev–Trinajstić information content (AvgIpc) is 3.24. The fourth-order valence-corrected chi connectivity index (χ4v) is 4.12. The van der Waals surface area contributed by atoms with Crippen LogP contribution in [0.15, 0.2) is 60.8 Å². The molecule has 8 heteroatoms. The summed E-state index contributed by atoms with van der Waals surface area (Å²) < 4.78 is 21.1. The molecule has 1 saturated heterocycles. The van der Waals surface area contributed by atoms with Gasteiger partial charge in [-0.2, -0.15) is 5.10 Å². The quantitative estimate of drug-likeness (QED) is 0.563. The molecule has 1 aliphatic heterocycles. The number of halogens is 1. The zero-order valence-electron chi connectivity index (χ0n) is 19.6. The number of rotatable bonds is 4. The van der Waals surface area contributed by atoms with Crippen LogP contribution in [-0.4, -0.2) is 45.4 Å². The van der Waals surface area contributed by atoms with Gasteiger partial charge in [-0.25, -0.2) is 13.9 Å². The normalized spacial score (nSPS) is 14.6. The molecule has 178 valence electrons. The minimum absolute atomic E-state index is 0.0408. The number of amides is 2. The molecule has 3 aromatic rings. The van der Waals surface area contributed by atoms with Crippen LogP contribution in [0.3, 0.4) is 0 Å². The van der Waals surface area contributed by atoms with E-state index in [0.29, 0.717) is 48.6 Å². The number of hydrogen-bond donors (Lipinski definition) is 1. The van der Waals surface area contributed by atoms with E-state index in [9.17, 15) is 14.0 Å². The molecule has 0 unspecified atom stereocenters. The van der Waals surface area contributed by atoms with E-state index in [1.807, 2.05) is 51.1 Å². The van der Waals surface area contributed by atoms with Gasteiger partial charge in [0, 0.05) is 24.7 Å². The monoisotopic (exact) mass is 464 g/mol. The van der Waals surface area contributed by atoms with E-state index in [4.69, 9.17) is 4.74 Å². The van der Waals surface area contributed by atoms with Crippen molar-refractivity contribution in [3.8, 4) is 5.69 Å². The molecular weight excluding hydrogens is 435 g/mol. The Balaban J connectivity index is 1.61. The predicted octanol–water partition coefficient (Wildman–Crippen LogP) is 5.38. The summed E-state index contributed by atoms with van der Waals surface area (Å²) in [5.41, 5.74) is 1.80. The second kappa shape index (κ2) is 9.67. The summed E-state index contributed by atoms with van der Waals surface area (Å²) in [7, 11) is 0. The molecule has 1 aromatic heterocycles. The Labute approximate surface area is 198 Å². The number of nitrogens with one attached hydrogen (secondary N) is 1. The number of carbonyl (C=O) groups excluding carboxylic acids is 2. The highest BCUT2D eigenvalue weighted by atomic mass is 19.1. The lowest BCUT2D eigenvalue weighted by Crippen LogP contribution is -2.41. The molecule has 1 N–H and O–H groups in total. The first-order valence-electron chi connectivity index (χ1n) is 11.4. The van der Waals surface area contributed by atoms with Crippen molar-refractivity contribution >= 4 is 17.7 Å². The molecule has 4 rings (SSSR count). The summed E-state index contributed by atoms with van der Waals surface area (Å²) in [6.07, 6.45) is 2.45. The number of anilines is 1. The van der Waals surface area contributed by atoms with Crippen LogP contribution in [-0.2, 0) is 4.74 Å². The fourth-order valence-electron chi connectivity index (χ4n) is 4.12. The van der Waals surface area contributed by atoms with E-state index in [0.717, 1.165) is 0 Å². The maximum Gasteiger partial charge on any atom is 0.410 e. The third kappa shape index (κ3) is 5.44. The van der Waals surface area contributed by atoms with Gasteiger partial charge in [0.05, 0.1) is 23.1 Å². The van der Waals surface area contributed by atoms with Gasteiger partial charge >= 0.3 is 6.09 Å². The van der Waals surface area contributed by atoms with Gasteiger partial charge in [0.1, 0.15) is 11.4 Å². The summed E-state index contributed by atoms with van der Waals surface area (Å²) >= 11 is 0. The number of benzene rings is 2. The SMILES string of the molecule is CC(C)(C)OC(=O)N1CCC(c2c(C(=O)Nc3ccccc3)cnn2-c2cccc(F)c2)CC1. The van der Waals surface area contributed by atoms with E-state index >= 15 is 0 Å². The van der Waals surface area contributed by atoms with Gasteiger partial charge in [-0.05, 0) is 63.9 Å². The number of nitrogens with zero attached hydrogens (tertiary/aromatic N) is 3. The summed E-state index contributed by atoms with van der Waals surface area (Å²) in [5, 5.41) is 7.37. The molecule has 0 bridgehead atoms. The zero-order chi connectivity index (χ0) is 24.3. The Morgan fingerprint density at radius 2 is 1.76 bits per heavy atom. The van der Waals surface area contributed by atoms with Crippen LogP contribution in [0.25, 0.3) is 5.69 Å². The Kier molecular flexibility index (Phi) is 6.68. The first-order chi connectivity index (χ1) is 16.2. The van der Waals surface area contributed by atoms with E-state index in [1.54, 1.807) is 21.7 Å². The van der Waals surface area contributed by atoms with Crippen molar-refractivity contribution in [1.82, 2.24) is 14.7 Å². The number of likely N-dealkylation sites (tertiary alicyclic amines) is 1. The van der Waals surface area contributed by atoms with Crippen molar-refractivity contribution < 1.29 is 18.7 Å². The predicted molar refractivity (Wildman–Crippen MR) is 128 cm³/mol. The maximum absolute atomic E-state index is 14.0. The molecule has 2 aromatic carbocycles. The fraction of sp³-hybridized carbons (Fsp3) is 0.346. The third-order valence-corrected chi connectivity index (χ3v) is 5.67. The molecule has 1 fully saturated rings. The Hall–Kier alpha value is -3.68. The maximum atomic E-state index is 14.0. The second-order valence-corrected chi connectivity index (χ2v) is 9.40. The molecule has 0 atom stereocenters. The smallest absolute Gasteiger partial charge is 0.410 e. The molecule has 2 amide bonds. The van der Waals surface area contributed by atoms with E-state index in [-0.39, 0.29) is 23.7 Å². The molecule has 34 heavy (non-hydrogen) atoms. The molecule has 7 nitrogen and oxygen atoms in total. The third-order valence-electron chi connectivity index (χ3n) is 5.67. The van der Waals surface area contributed by atoms with Crippen LogP contribution < -0.4 is 5.32 Å². The molecule has 2 heterocycles. The van der Waals surface area contributed by atoms with Crippen LogP contribution >= 0.6 is 0 Å². The molecule has 0 saturated carbocycles. The topological polar surface area (TPSA) is 76.5 Å². The highest BCUT2D eigenvalue weighted by molar-refractivity contribution is 6.05. The Morgan fingerprint density at radius 3 is 2.41 bits per heavy atom. The van der Waals surface area contributed by atoms with Crippen molar-refractivity contribution in [3.05, 3.63) is 77.9 Å². The van der Waals surface area contributed by atoms with Crippen molar-refractivity contribution in [3.63, 3.8) is 0 Å². The zero-order valence-corrected chi connectivity index (χ0v) is 19.6. The van der Waals surface area contributed by atoms with Crippen LogP contribution in [0.1, 0.15) is 55.6 Å². The van der Waals surface area contributed by atoms with Crippen molar-refractivity contribution in [2.75, 3.05) is 18.4 Å². The van der Waals surface area contributed by atoms with E-state index < -0.39 is 5.60 Å². The minimum Gasteiger partial charge on any atom is -0.444 e. The standard InChI is InChI=1S/C26H29FN4O3/c1-26(2,3)34-25(33)30-14-12-18(13-15-30)23-22(24(32)29-20-9-5-4-6-10-20)17-28-31(23)21-11-7-8-19(27)16-21/h4-11,16-18H,12-15H2,1-3H3,(H,29,32). The number of piperidine rings is 1. The van der Waals surface area contributed by atoms with Crippen LogP contribution in [0.5, 0.6) is 0 Å². The molecular formula is C26H29FN4O3. The minimum atomic E-state index is -0.563. The summed E-state index contributed by atoms with van der Waals surface area (Å²) in [4.78, 5) is 27.4. The molecule has 0 aliphatic carbocycles. The molecule has 0 radical (unpaired) electrons. The Morgan fingerprint density at radius 1 is 1.06 bits per heavy atom. The number of para-hydroxylation sites is 1. The largest absolute Gasteiger partial charge is 0.444 e. The average molecular weight is 465 g/mol. The van der Waals surface area contributed by atoms with Gasteiger partial charge in [-0.15, -0.1) is 0 Å². The van der Waals surface area contributed by atoms with E-state index in [2.05, 4.69) is 10.4 Å². The van der Waals surface area contributed by atoms with Gasteiger partial charge in [0.15, 0.2) is 0 Å². The lowest BCUT2D eigenvalue weighted by Gasteiger charge is -2.34. The van der Waals surface area contributed by atoms with E-state index in [1.165, 1.54) is 18.3 Å². The summed E-state index contributed by atoms with van der Waals surface area (Å²) in [6, 6.07) is 15.3. The van der Waals surface area contributed by atoms with Crippen molar-refractivity contribution in [2.45, 2.75) is 45.1 Å². The summed E-state index contributed by atoms with van der Waals surface area (Å²) in [5.74, 6) is -0.701.